The number of pyridine rings is 1. The molecular formula is C36H35BrF3N7O2. The molecule has 3 atom stereocenters. The molecule has 4 aromatic rings. The predicted octanol–water partition coefficient (Wildman–Crippen LogP) is 6.27. The van der Waals surface area contributed by atoms with Crippen LogP contribution in [0.5, 0.6) is 6.01 Å². The van der Waals surface area contributed by atoms with Crippen molar-refractivity contribution in [2.45, 2.75) is 43.9 Å². The van der Waals surface area contributed by atoms with E-state index in [1.807, 2.05) is 11.0 Å². The van der Waals surface area contributed by atoms with E-state index in [-0.39, 0.29) is 42.8 Å². The summed E-state index contributed by atoms with van der Waals surface area (Å²) in [5.41, 5.74) is 0.331. The number of hydrogen-bond donors (Lipinski definition) is 0. The lowest BCUT2D eigenvalue weighted by Crippen LogP contribution is -2.56. The zero-order chi connectivity index (χ0) is 34.3. The van der Waals surface area contributed by atoms with Gasteiger partial charge >= 0.3 is 6.01 Å². The minimum Gasteiger partial charge on any atom is -0.461 e. The van der Waals surface area contributed by atoms with Gasteiger partial charge in [0.25, 0.3) is 0 Å². The van der Waals surface area contributed by atoms with Crippen LogP contribution in [0.15, 0.2) is 48.7 Å². The van der Waals surface area contributed by atoms with Gasteiger partial charge in [0.1, 0.15) is 41.7 Å². The molecule has 0 radical (unpaired) electrons. The fourth-order valence-electron chi connectivity index (χ4n) is 7.74. The maximum atomic E-state index is 16.8. The highest BCUT2D eigenvalue weighted by Crippen LogP contribution is 2.41. The van der Waals surface area contributed by atoms with E-state index in [0.29, 0.717) is 59.1 Å². The maximum absolute atomic E-state index is 16.8. The van der Waals surface area contributed by atoms with E-state index in [2.05, 4.69) is 35.6 Å². The smallest absolute Gasteiger partial charge is 0.319 e. The number of allylic oxidation sites excluding steroid dienone is 1. The van der Waals surface area contributed by atoms with Gasteiger partial charge < -0.3 is 19.4 Å². The number of carbonyl (C=O) groups is 1. The van der Waals surface area contributed by atoms with Crippen LogP contribution < -0.4 is 9.64 Å². The average Bonchev–Trinajstić information content (AvgIpc) is 3.63. The topological polar surface area (TPSA) is 79.1 Å². The Morgan fingerprint density at radius 2 is 2.04 bits per heavy atom. The molecule has 5 heterocycles. The summed E-state index contributed by atoms with van der Waals surface area (Å²) in [6, 6.07) is 7.88. The second-order valence-corrected chi connectivity index (χ2v) is 13.6. The number of halogens is 4. The molecule has 3 aliphatic heterocycles. The molecular weight excluding hydrogens is 699 g/mol. The van der Waals surface area contributed by atoms with Crippen molar-refractivity contribution in [2.24, 2.45) is 0 Å². The summed E-state index contributed by atoms with van der Waals surface area (Å²) in [6.07, 6.45) is 5.85. The lowest BCUT2D eigenvalue weighted by Gasteiger charge is -2.39. The van der Waals surface area contributed by atoms with Crippen molar-refractivity contribution in [1.29, 1.82) is 0 Å². The molecule has 0 spiro atoms. The van der Waals surface area contributed by atoms with Gasteiger partial charge in [0.15, 0.2) is 5.82 Å². The first-order chi connectivity index (χ1) is 23.7. The average molecular weight is 735 g/mol. The number of ether oxygens (including phenoxy) is 1. The molecule has 0 unspecified atom stereocenters. The molecule has 49 heavy (non-hydrogen) atoms. The van der Waals surface area contributed by atoms with Crippen molar-refractivity contribution in [3.05, 3.63) is 77.3 Å². The Labute approximate surface area is 290 Å². The van der Waals surface area contributed by atoms with Crippen LogP contribution in [-0.2, 0) is 4.79 Å². The number of hydrogen-bond acceptors (Lipinski definition) is 7. The molecule has 2 aromatic heterocycles. The molecule has 9 nitrogen and oxygen atoms in total. The first-order valence-electron chi connectivity index (χ1n) is 16.4. The second kappa shape index (κ2) is 13.6. The Balaban J connectivity index is 1.32. The van der Waals surface area contributed by atoms with Gasteiger partial charge in [-0.25, -0.2) is 19.7 Å². The molecule has 0 N–H and O–H groups in total. The quantitative estimate of drug-likeness (QED) is 0.120. The monoisotopic (exact) mass is 733 g/mol. The zero-order valence-electron chi connectivity index (χ0n) is 27.0. The number of aryl methyl sites for hydroxylation is 1. The predicted molar refractivity (Wildman–Crippen MR) is 186 cm³/mol. The molecule has 3 saturated heterocycles. The fraction of sp³-hybridized carbons (Fsp3) is 0.417. The Hall–Kier alpha value is -4.28. The number of anilines is 1. The molecule has 3 fully saturated rings. The molecule has 2 aromatic carbocycles. The van der Waals surface area contributed by atoms with Crippen molar-refractivity contribution < 1.29 is 22.7 Å². The number of nitrogens with zero attached hydrogens (tertiary/aromatic N) is 7. The van der Waals surface area contributed by atoms with Crippen LogP contribution in [-0.4, -0.2) is 99.6 Å². The lowest BCUT2D eigenvalue weighted by molar-refractivity contribution is -0.128. The number of alkyl halides is 2. The maximum Gasteiger partial charge on any atom is 0.319 e. The van der Waals surface area contributed by atoms with Crippen molar-refractivity contribution >= 4 is 49.3 Å². The Morgan fingerprint density at radius 1 is 1.18 bits per heavy atom. The van der Waals surface area contributed by atoms with Crippen molar-refractivity contribution in [1.82, 2.24) is 24.8 Å². The highest BCUT2D eigenvalue weighted by molar-refractivity contribution is 9.09. The number of carbonyl (C=O) groups excluding carboxylic acids is 1. The van der Waals surface area contributed by atoms with Crippen LogP contribution in [0.3, 0.4) is 0 Å². The minimum absolute atomic E-state index is 0.0129. The lowest BCUT2D eigenvalue weighted by atomic mass is 9.95. The first kappa shape index (κ1) is 33.2. The summed E-state index contributed by atoms with van der Waals surface area (Å²) in [5.74, 6) is -0.934. The first-order valence-corrected chi connectivity index (χ1v) is 17.5. The second-order valence-electron chi connectivity index (χ2n) is 13.0. The number of fused-ring (bicyclic) bond motifs is 3. The van der Waals surface area contributed by atoms with Gasteiger partial charge in [-0.1, -0.05) is 46.3 Å². The molecule has 0 saturated carbocycles. The molecule has 7 rings (SSSR count). The van der Waals surface area contributed by atoms with Crippen LogP contribution in [0.25, 0.3) is 37.8 Å². The zero-order valence-corrected chi connectivity index (χ0v) is 28.6. The Kier molecular flexibility index (Phi) is 9.19. The summed E-state index contributed by atoms with van der Waals surface area (Å²) in [6.45, 7) is 11.5. The number of aromatic nitrogens is 3. The van der Waals surface area contributed by atoms with Gasteiger partial charge in [-0.15, -0.1) is 0 Å². The summed E-state index contributed by atoms with van der Waals surface area (Å²) < 4.78 is 52.4. The van der Waals surface area contributed by atoms with E-state index in [0.717, 1.165) is 24.8 Å². The standard InChI is InChI=1S/C36H35BrF3N7O2/c1-22-28(39)10-9-23-6-3-7-26(30(22)23)32-31(40)33-27(18-42-32)34(45-14-15-47(25(20-45)17-41-2)29(48)8-4-12-37)44-35(43-33)49-21-36-11-5-13-46(36)19-24(38)16-36/h3-4,6-10,18,24-25H,5,11-17,19-21H2,1H3/b8-4+/t24-,25+,36+/m1/s1. The minimum atomic E-state index is -0.945. The number of rotatable bonds is 8. The van der Waals surface area contributed by atoms with Crippen LogP contribution in [0, 0.1) is 25.1 Å². The van der Waals surface area contributed by atoms with Crippen LogP contribution in [0.2, 0.25) is 0 Å². The van der Waals surface area contributed by atoms with Gasteiger partial charge in [-0.05, 0) is 54.8 Å². The summed E-state index contributed by atoms with van der Waals surface area (Å²) in [7, 11) is 0. The highest BCUT2D eigenvalue weighted by atomic mass is 79.9. The third-order valence-corrected chi connectivity index (χ3v) is 10.5. The van der Waals surface area contributed by atoms with E-state index >= 15 is 4.39 Å². The van der Waals surface area contributed by atoms with E-state index in [9.17, 15) is 13.6 Å². The molecule has 254 valence electrons. The van der Waals surface area contributed by atoms with E-state index in [4.69, 9.17) is 16.3 Å². The molecule has 0 aliphatic carbocycles. The van der Waals surface area contributed by atoms with Crippen LogP contribution in [0.4, 0.5) is 19.0 Å². The van der Waals surface area contributed by atoms with E-state index in [1.54, 1.807) is 36.1 Å². The van der Waals surface area contributed by atoms with E-state index < -0.39 is 29.4 Å². The fourth-order valence-corrected chi connectivity index (χ4v) is 7.92. The van der Waals surface area contributed by atoms with Gasteiger partial charge in [-0.3, -0.25) is 14.7 Å². The Morgan fingerprint density at radius 3 is 2.86 bits per heavy atom. The summed E-state index contributed by atoms with van der Waals surface area (Å²) >= 11 is 3.30. The number of benzene rings is 2. The number of piperazine rings is 1. The largest absolute Gasteiger partial charge is 0.461 e. The highest BCUT2D eigenvalue weighted by Gasteiger charge is 2.49. The third-order valence-electron chi connectivity index (χ3n) is 10.1. The molecule has 13 heteroatoms. The summed E-state index contributed by atoms with van der Waals surface area (Å²) in [4.78, 5) is 36.2. The van der Waals surface area contributed by atoms with Crippen LogP contribution >= 0.6 is 15.9 Å². The molecule has 0 bridgehead atoms. The van der Waals surface area contributed by atoms with Crippen molar-refractivity contribution in [3.63, 3.8) is 0 Å². The van der Waals surface area contributed by atoms with E-state index in [1.165, 1.54) is 18.3 Å². The molecule has 1 amide bonds. The molecule has 3 aliphatic rings. The van der Waals surface area contributed by atoms with Gasteiger partial charge in [0.05, 0.1) is 10.9 Å². The normalized spacial score (nSPS) is 22.7. The van der Waals surface area contributed by atoms with Gasteiger partial charge in [-0.2, -0.15) is 9.97 Å². The van der Waals surface area contributed by atoms with Crippen LogP contribution in [0.1, 0.15) is 24.8 Å². The SMILES string of the molecule is [C-]#[N+]C[C@H]1CN(c2nc(OC[C@@]34CCCN3C[C@H](F)C4)nc3c(F)c(-c4cccc5ccc(F)c(C)c45)ncc23)CCN1C(=O)/C=C/CBr. The third kappa shape index (κ3) is 6.10. The Bertz CT molecular complexity index is 2010. The van der Waals surface area contributed by atoms with Crippen molar-refractivity contribution in [3.8, 4) is 17.3 Å². The van der Waals surface area contributed by atoms with Crippen molar-refractivity contribution in [2.75, 3.05) is 56.1 Å². The van der Waals surface area contributed by atoms with Gasteiger partial charge in [0, 0.05) is 49.7 Å². The van der Waals surface area contributed by atoms with Gasteiger partial charge in [0.2, 0.25) is 12.5 Å². The summed E-state index contributed by atoms with van der Waals surface area (Å²) in [5, 5.41) is 2.17. The number of amides is 1.